The van der Waals surface area contributed by atoms with E-state index in [1.807, 2.05) is 0 Å². The molecule has 3 heteroatoms. The highest BCUT2D eigenvalue weighted by atomic mass is 16.5. The summed E-state index contributed by atoms with van der Waals surface area (Å²) in [6, 6.07) is 8.39. The van der Waals surface area contributed by atoms with Crippen LogP contribution in [0.15, 0.2) is 28.8 Å². The number of aryl methyl sites for hydroxylation is 1. The fourth-order valence-electron chi connectivity index (χ4n) is 3.21. The minimum atomic E-state index is 0.464. The molecule has 0 saturated heterocycles. The Kier molecular flexibility index (Phi) is 3.51. The number of nitrogen functional groups attached to an aromatic ring is 1. The SMILES string of the molecule is Cc1cccc(-c2c(N)noc2C2CCC(C)CC2)c1. The van der Waals surface area contributed by atoms with E-state index in [1.54, 1.807) is 0 Å². The third kappa shape index (κ3) is 2.45. The van der Waals surface area contributed by atoms with Crippen molar-refractivity contribution in [2.24, 2.45) is 5.92 Å². The molecule has 1 aromatic heterocycles. The van der Waals surface area contributed by atoms with E-state index in [9.17, 15) is 0 Å². The van der Waals surface area contributed by atoms with E-state index in [-0.39, 0.29) is 0 Å². The summed E-state index contributed by atoms with van der Waals surface area (Å²) in [7, 11) is 0. The molecule has 1 aliphatic carbocycles. The Labute approximate surface area is 120 Å². The molecule has 3 nitrogen and oxygen atoms in total. The third-order valence-corrected chi connectivity index (χ3v) is 4.44. The number of aromatic nitrogens is 1. The molecule has 0 radical (unpaired) electrons. The number of nitrogens with zero attached hydrogens (tertiary/aromatic N) is 1. The Morgan fingerprint density at radius 3 is 2.65 bits per heavy atom. The highest BCUT2D eigenvalue weighted by Crippen LogP contribution is 2.42. The van der Waals surface area contributed by atoms with Gasteiger partial charge >= 0.3 is 0 Å². The van der Waals surface area contributed by atoms with E-state index < -0.39 is 0 Å². The van der Waals surface area contributed by atoms with Crippen LogP contribution < -0.4 is 5.73 Å². The van der Waals surface area contributed by atoms with Gasteiger partial charge in [-0.05, 0) is 31.2 Å². The summed E-state index contributed by atoms with van der Waals surface area (Å²) in [6.07, 6.45) is 4.88. The zero-order valence-electron chi connectivity index (χ0n) is 12.2. The fraction of sp³-hybridized carbons (Fsp3) is 0.471. The Morgan fingerprint density at radius 2 is 1.95 bits per heavy atom. The molecule has 1 aromatic carbocycles. The van der Waals surface area contributed by atoms with Gasteiger partial charge in [0.25, 0.3) is 0 Å². The minimum absolute atomic E-state index is 0.464. The standard InChI is InChI=1S/C17H22N2O/c1-11-6-8-13(9-7-11)16-15(17(18)19-20-16)14-5-3-4-12(2)10-14/h3-5,10-11,13H,6-9H2,1-2H3,(H2,18,19). The van der Waals surface area contributed by atoms with Crippen LogP contribution in [0.1, 0.15) is 49.8 Å². The Balaban J connectivity index is 1.97. The predicted molar refractivity (Wildman–Crippen MR) is 81.5 cm³/mol. The van der Waals surface area contributed by atoms with Gasteiger partial charge < -0.3 is 10.3 Å². The molecule has 0 unspecified atom stereocenters. The number of anilines is 1. The normalized spacial score (nSPS) is 22.9. The number of hydrogen-bond acceptors (Lipinski definition) is 3. The lowest BCUT2D eigenvalue weighted by Crippen LogP contribution is -2.11. The van der Waals surface area contributed by atoms with Gasteiger partial charge in [-0.15, -0.1) is 0 Å². The molecule has 1 saturated carbocycles. The van der Waals surface area contributed by atoms with E-state index in [4.69, 9.17) is 10.3 Å². The molecule has 2 N–H and O–H groups in total. The van der Waals surface area contributed by atoms with E-state index in [1.165, 1.54) is 31.2 Å². The van der Waals surface area contributed by atoms with E-state index in [0.29, 0.717) is 11.7 Å². The summed E-state index contributed by atoms with van der Waals surface area (Å²) in [5.74, 6) is 2.80. The van der Waals surface area contributed by atoms with Gasteiger partial charge in [-0.2, -0.15) is 0 Å². The van der Waals surface area contributed by atoms with Crippen LogP contribution in [0.5, 0.6) is 0 Å². The zero-order valence-corrected chi connectivity index (χ0v) is 12.2. The second-order valence-corrected chi connectivity index (χ2v) is 6.13. The zero-order chi connectivity index (χ0) is 14.1. The number of benzene rings is 1. The van der Waals surface area contributed by atoms with Crippen LogP contribution in [0.25, 0.3) is 11.1 Å². The summed E-state index contributed by atoms with van der Waals surface area (Å²) >= 11 is 0. The quantitative estimate of drug-likeness (QED) is 0.872. The molecular weight excluding hydrogens is 248 g/mol. The van der Waals surface area contributed by atoms with E-state index >= 15 is 0 Å². The molecular formula is C17H22N2O. The maximum absolute atomic E-state index is 6.05. The Morgan fingerprint density at radius 1 is 1.20 bits per heavy atom. The van der Waals surface area contributed by atoms with Gasteiger partial charge in [0.1, 0.15) is 5.76 Å². The molecule has 1 aliphatic rings. The van der Waals surface area contributed by atoms with Crippen molar-refractivity contribution in [1.82, 2.24) is 5.16 Å². The summed E-state index contributed by atoms with van der Waals surface area (Å²) in [5, 5.41) is 4.02. The first-order valence-electron chi connectivity index (χ1n) is 7.47. The van der Waals surface area contributed by atoms with Crippen LogP contribution in [0.2, 0.25) is 0 Å². The maximum Gasteiger partial charge on any atom is 0.175 e. The highest BCUT2D eigenvalue weighted by molar-refractivity contribution is 5.76. The van der Waals surface area contributed by atoms with Crippen LogP contribution >= 0.6 is 0 Å². The van der Waals surface area contributed by atoms with Crippen molar-refractivity contribution < 1.29 is 4.52 Å². The van der Waals surface area contributed by atoms with Crippen molar-refractivity contribution in [1.29, 1.82) is 0 Å². The van der Waals surface area contributed by atoms with Crippen molar-refractivity contribution in [3.8, 4) is 11.1 Å². The van der Waals surface area contributed by atoms with Crippen molar-refractivity contribution in [3.05, 3.63) is 35.6 Å². The van der Waals surface area contributed by atoms with Gasteiger partial charge in [-0.1, -0.05) is 54.8 Å². The van der Waals surface area contributed by atoms with E-state index in [2.05, 4.69) is 43.3 Å². The number of hydrogen-bond donors (Lipinski definition) is 1. The van der Waals surface area contributed by atoms with Gasteiger partial charge in [0, 0.05) is 5.92 Å². The summed E-state index contributed by atoms with van der Waals surface area (Å²) in [4.78, 5) is 0. The average Bonchev–Trinajstić information content (AvgIpc) is 2.81. The molecule has 0 amide bonds. The molecule has 3 rings (SSSR count). The van der Waals surface area contributed by atoms with Crippen LogP contribution in [0.4, 0.5) is 5.82 Å². The number of rotatable bonds is 2. The fourth-order valence-corrected chi connectivity index (χ4v) is 3.21. The van der Waals surface area contributed by atoms with Crippen LogP contribution in [-0.4, -0.2) is 5.16 Å². The minimum Gasteiger partial charge on any atom is -0.380 e. The lowest BCUT2D eigenvalue weighted by Gasteiger charge is -2.24. The maximum atomic E-state index is 6.05. The molecule has 1 heterocycles. The van der Waals surface area contributed by atoms with Gasteiger partial charge in [-0.25, -0.2) is 0 Å². The van der Waals surface area contributed by atoms with Gasteiger partial charge in [0.15, 0.2) is 5.82 Å². The van der Waals surface area contributed by atoms with Gasteiger partial charge in [-0.3, -0.25) is 0 Å². The highest BCUT2D eigenvalue weighted by Gasteiger charge is 2.27. The largest absolute Gasteiger partial charge is 0.380 e. The smallest absolute Gasteiger partial charge is 0.175 e. The molecule has 1 fully saturated rings. The number of nitrogens with two attached hydrogens (primary N) is 1. The first-order valence-corrected chi connectivity index (χ1v) is 7.47. The first-order chi connectivity index (χ1) is 9.65. The topological polar surface area (TPSA) is 52.0 Å². The van der Waals surface area contributed by atoms with Crippen LogP contribution in [-0.2, 0) is 0 Å². The lowest BCUT2D eigenvalue weighted by molar-refractivity contribution is 0.289. The first kappa shape index (κ1) is 13.2. The average molecular weight is 270 g/mol. The van der Waals surface area contributed by atoms with Crippen LogP contribution in [0.3, 0.4) is 0 Å². The molecule has 0 aliphatic heterocycles. The molecule has 0 atom stereocenters. The second-order valence-electron chi connectivity index (χ2n) is 6.13. The van der Waals surface area contributed by atoms with Crippen molar-refractivity contribution >= 4 is 5.82 Å². The Hall–Kier alpha value is -1.77. The van der Waals surface area contributed by atoms with Gasteiger partial charge in [0.2, 0.25) is 0 Å². The lowest BCUT2D eigenvalue weighted by atomic mass is 9.80. The summed E-state index contributed by atoms with van der Waals surface area (Å²) in [5.41, 5.74) is 9.41. The Bertz CT molecular complexity index is 595. The summed E-state index contributed by atoms with van der Waals surface area (Å²) < 4.78 is 5.59. The predicted octanol–water partition coefficient (Wildman–Crippen LogP) is 4.53. The molecule has 0 bridgehead atoms. The molecule has 2 aromatic rings. The molecule has 0 spiro atoms. The molecule has 20 heavy (non-hydrogen) atoms. The van der Waals surface area contributed by atoms with Gasteiger partial charge in [0.05, 0.1) is 5.56 Å². The van der Waals surface area contributed by atoms with Crippen LogP contribution in [0, 0.1) is 12.8 Å². The molecule has 106 valence electrons. The van der Waals surface area contributed by atoms with Crippen molar-refractivity contribution in [3.63, 3.8) is 0 Å². The van der Waals surface area contributed by atoms with Crippen molar-refractivity contribution in [2.75, 3.05) is 5.73 Å². The monoisotopic (exact) mass is 270 g/mol. The summed E-state index contributed by atoms with van der Waals surface area (Å²) in [6.45, 7) is 4.42. The third-order valence-electron chi connectivity index (χ3n) is 4.44. The van der Waals surface area contributed by atoms with E-state index in [0.717, 1.165) is 22.8 Å². The second kappa shape index (κ2) is 5.31. The van der Waals surface area contributed by atoms with Crippen molar-refractivity contribution in [2.45, 2.75) is 45.4 Å².